The Bertz CT molecular complexity index is 1170. The van der Waals surface area contributed by atoms with Gasteiger partial charge < -0.3 is 9.73 Å². The SMILES string of the molecule is c1ccc(C(Nc2ncnc3c2oc2ccccc23)c2nccs2)cc1. The number of aromatic nitrogens is 3. The van der Waals surface area contributed by atoms with Crippen molar-refractivity contribution in [1.82, 2.24) is 15.0 Å². The molecule has 0 spiro atoms. The molecule has 5 nitrogen and oxygen atoms in total. The Morgan fingerprint density at radius 1 is 0.923 bits per heavy atom. The van der Waals surface area contributed by atoms with Crippen LogP contribution in [0, 0.1) is 0 Å². The van der Waals surface area contributed by atoms with E-state index in [4.69, 9.17) is 4.42 Å². The van der Waals surface area contributed by atoms with Crippen molar-refractivity contribution in [2.75, 3.05) is 5.32 Å². The van der Waals surface area contributed by atoms with E-state index in [1.165, 1.54) is 0 Å². The fourth-order valence-electron chi connectivity index (χ4n) is 3.07. The van der Waals surface area contributed by atoms with Crippen molar-refractivity contribution >= 4 is 39.2 Å². The Labute approximate surface area is 153 Å². The summed E-state index contributed by atoms with van der Waals surface area (Å²) in [5.41, 5.74) is 3.39. The van der Waals surface area contributed by atoms with E-state index in [1.807, 2.05) is 54.0 Å². The van der Waals surface area contributed by atoms with Gasteiger partial charge in [0.25, 0.3) is 0 Å². The third-order valence-corrected chi connectivity index (χ3v) is 5.11. The van der Waals surface area contributed by atoms with Gasteiger partial charge in [0.2, 0.25) is 0 Å². The van der Waals surface area contributed by atoms with Gasteiger partial charge in [0.15, 0.2) is 11.4 Å². The van der Waals surface area contributed by atoms with Crippen LogP contribution in [-0.4, -0.2) is 15.0 Å². The zero-order chi connectivity index (χ0) is 17.3. The van der Waals surface area contributed by atoms with Gasteiger partial charge in [-0.1, -0.05) is 42.5 Å². The number of thiazole rings is 1. The third kappa shape index (κ3) is 2.51. The van der Waals surface area contributed by atoms with Gasteiger partial charge in [0, 0.05) is 17.0 Å². The topological polar surface area (TPSA) is 63.8 Å². The lowest BCUT2D eigenvalue weighted by Crippen LogP contribution is -2.13. The molecule has 5 rings (SSSR count). The van der Waals surface area contributed by atoms with Gasteiger partial charge in [-0.2, -0.15) is 0 Å². The maximum absolute atomic E-state index is 6.03. The van der Waals surface area contributed by atoms with Crippen LogP contribution in [0.1, 0.15) is 16.6 Å². The molecule has 1 unspecified atom stereocenters. The second-order valence-electron chi connectivity index (χ2n) is 5.86. The first-order valence-corrected chi connectivity index (χ1v) is 9.11. The predicted octanol–water partition coefficient (Wildman–Crippen LogP) is 5.03. The number of hydrogen-bond acceptors (Lipinski definition) is 6. The predicted molar refractivity (Wildman–Crippen MR) is 103 cm³/mol. The van der Waals surface area contributed by atoms with Gasteiger partial charge in [0.1, 0.15) is 28.5 Å². The number of hydrogen-bond donors (Lipinski definition) is 1. The minimum Gasteiger partial charge on any atom is -0.450 e. The molecule has 6 heteroatoms. The first-order chi connectivity index (χ1) is 12.9. The molecule has 0 fully saturated rings. The van der Waals surface area contributed by atoms with E-state index in [2.05, 4.69) is 32.4 Å². The molecule has 3 aromatic heterocycles. The highest BCUT2D eigenvalue weighted by Gasteiger charge is 2.20. The van der Waals surface area contributed by atoms with E-state index < -0.39 is 0 Å². The molecule has 1 atom stereocenters. The minimum absolute atomic E-state index is 0.109. The molecular weight excluding hydrogens is 344 g/mol. The normalized spacial score (nSPS) is 12.5. The summed E-state index contributed by atoms with van der Waals surface area (Å²) in [5.74, 6) is 0.662. The average molecular weight is 358 g/mol. The van der Waals surface area contributed by atoms with Crippen LogP contribution in [0.5, 0.6) is 0 Å². The number of nitrogens with zero attached hydrogens (tertiary/aromatic N) is 3. The van der Waals surface area contributed by atoms with Gasteiger partial charge in [-0.3, -0.25) is 0 Å². The highest BCUT2D eigenvalue weighted by molar-refractivity contribution is 7.09. The Balaban J connectivity index is 1.65. The van der Waals surface area contributed by atoms with Crippen molar-refractivity contribution in [3.8, 4) is 0 Å². The number of fused-ring (bicyclic) bond motifs is 3. The summed E-state index contributed by atoms with van der Waals surface area (Å²) >= 11 is 1.61. The molecule has 0 aliphatic carbocycles. The Hall–Kier alpha value is -3.25. The first-order valence-electron chi connectivity index (χ1n) is 8.23. The molecule has 5 aromatic rings. The smallest absolute Gasteiger partial charge is 0.196 e. The van der Waals surface area contributed by atoms with E-state index >= 15 is 0 Å². The standard InChI is InChI=1S/C20H14N4OS/c1-2-6-13(7-3-1)16(20-21-10-11-26-20)24-19-18-17(22-12-23-19)14-8-4-5-9-15(14)25-18/h1-12,16H,(H,22,23,24). The summed E-state index contributed by atoms with van der Waals surface area (Å²) in [4.78, 5) is 13.3. The maximum atomic E-state index is 6.03. The Kier molecular flexibility index (Phi) is 3.61. The zero-order valence-electron chi connectivity index (χ0n) is 13.7. The van der Waals surface area contributed by atoms with Crippen LogP contribution in [0.3, 0.4) is 0 Å². The summed E-state index contributed by atoms with van der Waals surface area (Å²) in [5, 5.41) is 7.44. The highest BCUT2D eigenvalue weighted by Crippen LogP contribution is 2.34. The molecule has 1 N–H and O–H groups in total. The molecule has 0 saturated heterocycles. The third-order valence-electron chi connectivity index (χ3n) is 4.27. The van der Waals surface area contributed by atoms with Gasteiger partial charge in [0.05, 0.1) is 0 Å². The highest BCUT2D eigenvalue weighted by atomic mass is 32.1. The zero-order valence-corrected chi connectivity index (χ0v) is 14.5. The van der Waals surface area contributed by atoms with E-state index in [0.717, 1.165) is 27.1 Å². The molecule has 2 aromatic carbocycles. The van der Waals surface area contributed by atoms with E-state index in [0.29, 0.717) is 11.4 Å². The van der Waals surface area contributed by atoms with Crippen LogP contribution in [0.15, 0.2) is 76.9 Å². The molecule has 0 saturated carbocycles. The molecule has 0 aliphatic rings. The van der Waals surface area contributed by atoms with E-state index in [-0.39, 0.29) is 6.04 Å². The number of benzene rings is 2. The van der Waals surface area contributed by atoms with Gasteiger partial charge in [-0.25, -0.2) is 15.0 Å². The minimum atomic E-state index is -0.109. The molecule has 0 radical (unpaired) electrons. The number of para-hydroxylation sites is 1. The summed E-state index contributed by atoms with van der Waals surface area (Å²) in [7, 11) is 0. The number of furan rings is 1. The summed E-state index contributed by atoms with van der Waals surface area (Å²) < 4.78 is 6.03. The van der Waals surface area contributed by atoms with Crippen molar-refractivity contribution < 1.29 is 4.42 Å². The van der Waals surface area contributed by atoms with Crippen LogP contribution in [0.2, 0.25) is 0 Å². The Morgan fingerprint density at radius 3 is 2.62 bits per heavy atom. The second-order valence-corrected chi connectivity index (χ2v) is 6.78. The van der Waals surface area contributed by atoms with Crippen LogP contribution >= 0.6 is 11.3 Å². The summed E-state index contributed by atoms with van der Waals surface area (Å²) in [6, 6.07) is 18.0. The number of anilines is 1. The molecule has 126 valence electrons. The van der Waals surface area contributed by atoms with Gasteiger partial charge in [-0.05, 0) is 17.7 Å². The molecule has 0 bridgehead atoms. The molecule has 0 amide bonds. The summed E-state index contributed by atoms with van der Waals surface area (Å²) in [6.45, 7) is 0. The molecular formula is C20H14N4OS. The van der Waals surface area contributed by atoms with Crippen molar-refractivity contribution in [2.24, 2.45) is 0 Å². The van der Waals surface area contributed by atoms with Crippen molar-refractivity contribution in [1.29, 1.82) is 0 Å². The lowest BCUT2D eigenvalue weighted by Gasteiger charge is -2.17. The average Bonchev–Trinajstić information content (AvgIpc) is 3.35. The molecule has 26 heavy (non-hydrogen) atoms. The van der Waals surface area contributed by atoms with Crippen molar-refractivity contribution in [3.05, 3.63) is 83.1 Å². The largest absolute Gasteiger partial charge is 0.450 e. The van der Waals surface area contributed by atoms with Crippen LogP contribution < -0.4 is 5.32 Å². The monoisotopic (exact) mass is 358 g/mol. The van der Waals surface area contributed by atoms with Crippen LogP contribution in [0.25, 0.3) is 22.1 Å². The maximum Gasteiger partial charge on any atom is 0.196 e. The molecule has 3 heterocycles. The number of rotatable bonds is 4. The lowest BCUT2D eigenvalue weighted by molar-refractivity contribution is 0.665. The number of nitrogens with one attached hydrogen (secondary N) is 1. The Morgan fingerprint density at radius 2 is 1.77 bits per heavy atom. The van der Waals surface area contributed by atoms with Crippen molar-refractivity contribution in [2.45, 2.75) is 6.04 Å². The fraction of sp³-hybridized carbons (Fsp3) is 0.0500. The van der Waals surface area contributed by atoms with Crippen LogP contribution in [0.4, 0.5) is 5.82 Å². The summed E-state index contributed by atoms with van der Waals surface area (Å²) in [6.07, 6.45) is 3.38. The second kappa shape index (κ2) is 6.24. The van der Waals surface area contributed by atoms with Gasteiger partial charge in [-0.15, -0.1) is 11.3 Å². The van der Waals surface area contributed by atoms with E-state index in [9.17, 15) is 0 Å². The fourth-order valence-corrected chi connectivity index (χ4v) is 3.79. The van der Waals surface area contributed by atoms with Crippen molar-refractivity contribution in [3.63, 3.8) is 0 Å². The van der Waals surface area contributed by atoms with E-state index in [1.54, 1.807) is 17.7 Å². The van der Waals surface area contributed by atoms with Gasteiger partial charge >= 0.3 is 0 Å². The lowest BCUT2D eigenvalue weighted by atomic mass is 10.1. The van der Waals surface area contributed by atoms with Crippen LogP contribution in [-0.2, 0) is 0 Å². The first kappa shape index (κ1) is 15.0. The molecule has 0 aliphatic heterocycles. The quantitative estimate of drug-likeness (QED) is 0.488.